The quantitative estimate of drug-likeness (QED) is 0.816. The summed E-state index contributed by atoms with van der Waals surface area (Å²) in [6.45, 7) is 8.68. The molecule has 0 atom stereocenters. The highest BCUT2D eigenvalue weighted by molar-refractivity contribution is 5.67. The Bertz CT molecular complexity index is 330. The second kappa shape index (κ2) is 5.92. The van der Waals surface area contributed by atoms with E-state index in [-0.39, 0.29) is 23.3 Å². The molecule has 2 rings (SSSR count). The van der Waals surface area contributed by atoms with Crippen LogP contribution in [0.5, 0.6) is 0 Å². The highest BCUT2D eigenvalue weighted by Crippen LogP contribution is 2.30. The van der Waals surface area contributed by atoms with Gasteiger partial charge >= 0.3 is 6.09 Å². The predicted octanol–water partition coefficient (Wildman–Crippen LogP) is 3.35. The molecule has 0 unspecified atom stereocenters. The molecule has 0 aromatic carbocycles. The maximum atomic E-state index is 12.0. The zero-order valence-electron chi connectivity index (χ0n) is 13.4. The van der Waals surface area contributed by atoms with Gasteiger partial charge in [0.15, 0.2) is 0 Å². The van der Waals surface area contributed by atoms with E-state index in [0.717, 1.165) is 25.7 Å². The first kappa shape index (κ1) is 15.6. The SMILES string of the molecule is CC1(C)CC(OC(=O)NC2CCCCC2)CC(C)(C)N1. The van der Waals surface area contributed by atoms with E-state index in [1.165, 1.54) is 19.3 Å². The van der Waals surface area contributed by atoms with Crippen molar-refractivity contribution in [2.24, 2.45) is 0 Å². The summed E-state index contributed by atoms with van der Waals surface area (Å²) in [6.07, 6.45) is 7.44. The molecule has 1 aliphatic heterocycles. The van der Waals surface area contributed by atoms with Crippen LogP contribution in [0.4, 0.5) is 4.79 Å². The van der Waals surface area contributed by atoms with Crippen LogP contribution < -0.4 is 10.6 Å². The summed E-state index contributed by atoms with van der Waals surface area (Å²) >= 11 is 0. The van der Waals surface area contributed by atoms with Gasteiger partial charge in [0.05, 0.1) is 0 Å². The third-order valence-electron chi connectivity index (χ3n) is 4.35. The molecule has 116 valence electrons. The third-order valence-corrected chi connectivity index (χ3v) is 4.35. The highest BCUT2D eigenvalue weighted by Gasteiger charge is 2.39. The van der Waals surface area contributed by atoms with E-state index in [0.29, 0.717) is 6.04 Å². The van der Waals surface area contributed by atoms with Crippen LogP contribution in [-0.2, 0) is 4.74 Å². The fourth-order valence-electron chi connectivity index (χ4n) is 3.91. The summed E-state index contributed by atoms with van der Waals surface area (Å²) in [5.41, 5.74) is 0.0229. The predicted molar refractivity (Wildman–Crippen MR) is 80.8 cm³/mol. The fraction of sp³-hybridized carbons (Fsp3) is 0.938. The molecule has 2 fully saturated rings. The normalized spacial score (nSPS) is 27.0. The maximum absolute atomic E-state index is 12.0. The zero-order valence-corrected chi connectivity index (χ0v) is 13.4. The van der Waals surface area contributed by atoms with E-state index in [9.17, 15) is 4.79 Å². The Morgan fingerprint density at radius 2 is 1.60 bits per heavy atom. The Hall–Kier alpha value is -0.770. The van der Waals surface area contributed by atoms with Gasteiger partial charge in [-0.3, -0.25) is 0 Å². The van der Waals surface area contributed by atoms with Crippen LogP contribution in [0.15, 0.2) is 0 Å². The second-order valence-electron chi connectivity index (χ2n) is 7.81. The van der Waals surface area contributed by atoms with Gasteiger partial charge < -0.3 is 15.4 Å². The molecule has 1 saturated carbocycles. The van der Waals surface area contributed by atoms with Crippen molar-refractivity contribution in [3.05, 3.63) is 0 Å². The van der Waals surface area contributed by atoms with Gasteiger partial charge in [0, 0.05) is 30.0 Å². The van der Waals surface area contributed by atoms with Gasteiger partial charge in [-0.2, -0.15) is 0 Å². The molecule has 0 spiro atoms. The molecule has 0 radical (unpaired) electrons. The van der Waals surface area contributed by atoms with Gasteiger partial charge in [0.2, 0.25) is 0 Å². The Labute approximate surface area is 123 Å². The molecule has 2 N–H and O–H groups in total. The Kier molecular flexibility index (Phi) is 4.62. The van der Waals surface area contributed by atoms with Gasteiger partial charge in [-0.1, -0.05) is 19.3 Å². The van der Waals surface area contributed by atoms with Gasteiger partial charge in [-0.05, 0) is 40.5 Å². The van der Waals surface area contributed by atoms with E-state index < -0.39 is 0 Å². The van der Waals surface area contributed by atoms with Crippen LogP contribution >= 0.6 is 0 Å². The van der Waals surface area contributed by atoms with Crippen LogP contribution in [-0.4, -0.2) is 29.3 Å². The minimum atomic E-state index is -0.226. The van der Waals surface area contributed by atoms with Crippen LogP contribution in [0.25, 0.3) is 0 Å². The van der Waals surface area contributed by atoms with Crippen molar-refractivity contribution in [1.29, 1.82) is 0 Å². The number of hydrogen-bond acceptors (Lipinski definition) is 3. The van der Waals surface area contributed by atoms with E-state index in [1.807, 2.05) is 0 Å². The largest absolute Gasteiger partial charge is 0.446 e. The van der Waals surface area contributed by atoms with Crippen molar-refractivity contribution >= 4 is 6.09 Å². The van der Waals surface area contributed by atoms with Crippen molar-refractivity contribution in [2.45, 2.75) is 95.9 Å². The van der Waals surface area contributed by atoms with Crippen LogP contribution in [0.1, 0.15) is 72.6 Å². The van der Waals surface area contributed by atoms with Gasteiger partial charge in [0.25, 0.3) is 0 Å². The lowest BCUT2D eigenvalue weighted by Crippen LogP contribution is -2.60. The number of rotatable bonds is 2. The van der Waals surface area contributed by atoms with Gasteiger partial charge in [0.1, 0.15) is 6.10 Å². The van der Waals surface area contributed by atoms with Crippen LogP contribution in [0.2, 0.25) is 0 Å². The molecular formula is C16H30N2O2. The second-order valence-corrected chi connectivity index (χ2v) is 7.81. The molecular weight excluding hydrogens is 252 g/mol. The summed E-state index contributed by atoms with van der Waals surface area (Å²) < 4.78 is 5.68. The number of amides is 1. The average Bonchev–Trinajstić information content (AvgIpc) is 2.25. The summed E-state index contributed by atoms with van der Waals surface area (Å²) in [7, 11) is 0. The van der Waals surface area contributed by atoms with Crippen molar-refractivity contribution in [2.75, 3.05) is 0 Å². The molecule has 0 aromatic rings. The van der Waals surface area contributed by atoms with Crippen molar-refractivity contribution in [3.8, 4) is 0 Å². The lowest BCUT2D eigenvalue weighted by Gasteiger charge is -2.45. The Morgan fingerprint density at radius 3 is 2.15 bits per heavy atom. The summed E-state index contributed by atoms with van der Waals surface area (Å²) in [5, 5.41) is 6.64. The first-order valence-electron chi connectivity index (χ1n) is 8.02. The van der Waals surface area contributed by atoms with Crippen LogP contribution in [0, 0.1) is 0 Å². The van der Waals surface area contributed by atoms with Crippen LogP contribution in [0.3, 0.4) is 0 Å². The first-order chi connectivity index (χ1) is 9.26. The minimum Gasteiger partial charge on any atom is -0.446 e. The molecule has 4 heteroatoms. The van der Waals surface area contributed by atoms with Gasteiger partial charge in [-0.15, -0.1) is 0 Å². The zero-order chi connectivity index (χ0) is 14.8. The lowest BCUT2D eigenvalue weighted by molar-refractivity contribution is 0.0177. The Morgan fingerprint density at radius 1 is 1.05 bits per heavy atom. The minimum absolute atomic E-state index is 0.00448. The van der Waals surface area contributed by atoms with E-state index in [4.69, 9.17) is 4.74 Å². The molecule has 1 aliphatic carbocycles. The number of alkyl carbamates (subject to hydrolysis) is 1. The Balaban J connectivity index is 1.83. The van der Waals surface area contributed by atoms with Gasteiger partial charge in [-0.25, -0.2) is 4.79 Å². The molecule has 4 nitrogen and oxygen atoms in total. The summed E-state index contributed by atoms with van der Waals surface area (Å²) in [6, 6.07) is 0.319. The van der Waals surface area contributed by atoms with E-state index in [1.54, 1.807) is 0 Å². The summed E-state index contributed by atoms with van der Waals surface area (Å²) in [4.78, 5) is 12.0. The number of carbonyl (C=O) groups excluding carboxylic acids is 1. The number of hydrogen-bond donors (Lipinski definition) is 2. The molecule has 2 aliphatic rings. The molecule has 0 bridgehead atoms. The third kappa shape index (κ3) is 4.65. The first-order valence-corrected chi connectivity index (χ1v) is 8.02. The number of ether oxygens (including phenoxy) is 1. The molecule has 0 aromatic heterocycles. The summed E-state index contributed by atoms with van der Waals surface area (Å²) in [5.74, 6) is 0. The molecule has 1 amide bonds. The van der Waals surface area contributed by atoms with Crippen molar-refractivity contribution in [1.82, 2.24) is 10.6 Å². The highest BCUT2D eigenvalue weighted by atomic mass is 16.6. The van der Waals surface area contributed by atoms with Crippen molar-refractivity contribution < 1.29 is 9.53 Å². The smallest absolute Gasteiger partial charge is 0.407 e. The van der Waals surface area contributed by atoms with E-state index in [2.05, 4.69) is 38.3 Å². The standard InChI is InChI=1S/C16H30N2O2/c1-15(2)10-13(11-16(3,4)18-15)20-14(19)17-12-8-6-5-7-9-12/h12-13,18H,5-11H2,1-4H3,(H,17,19). The monoisotopic (exact) mass is 282 g/mol. The maximum Gasteiger partial charge on any atom is 0.407 e. The van der Waals surface area contributed by atoms with E-state index >= 15 is 0 Å². The van der Waals surface area contributed by atoms with Crippen molar-refractivity contribution in [3.63, 3.8) is 0 Å². The number of carbonyl (C=O) groups is 1. The number of nitrogens with one attached hydrogen (secondary N) is 2. The number of piperidine rings is 1. The fourth-order valence-corrected chi connectivity index (χ4v) is 3.91. The molecule has 1 heterocycles. The molecule has 20 heavy (non-hydrogen) atoms. The lowest BCUT2D eigenvalue weighted by atomic mass is 9.81. The molecule has 1 saturated heterocycles. The average molecular weight is 282 g/mol. The topological polar surface area (TPSA) is 50.4 Å².